The summed E-state index contributed by atoms with van der Waals surface area (Å²) < 4.78 is 0. The molecule has 1 heteroatoms. The molecule has 0 bridgehead atoms. The van der Waals surface area contributed by atoms with E-state index < -0.39 is 0 Å². The van der Waals surface area contributed by atoms with Crippen LogP contribution in [0.5, 0.6) is 0 Å². The molecule has 0 aliphatic carbocycles. The van der Waals surface area contributed by atoms with Gasteiger partial charge in [-0.3, -0.25) is 0 Å². The molecule has 1 radical (unpaired) electrons. The van der Waals surface area contributed by atoms with Gasteiger partial charge >= 0.3 is 0 Å². The van der Waals surface area contributed by atoms with Gasteiger partial charge < -0.3 is 5.73 Å². The van der Waals surface area contributed by atoms with Gasteiger partial charge in [0.2, 0.25) is 0 Å². The third kappa shape index (κ3) is 1.85. The van der Waals surface area contributed by atoms with Crippen molar-refractivity contribution in [3.63, 3.8) is 0 Å². The lowest BCUT2D eigenvalue weighted by Gasteiger charge is -1.97. The van der Waals surface area contributed by atoms with Crippen LogP contribution in [-0.4, -0.2) is 6.54 Å². The topological polar surface area (TPSA) is 26.0 Å². The molecule has 0 atom stereocenters. The fourth-order valence-electron chi connectivity index (χ4n) is 0.952. The van der Waals surface area contributed by atoms with Crippen LogP contribution >= 0.6 is 0 Å². The van der Waals surface area contributed by atoms with E-state index >= 15 is 0 Å². The molecule has 53 valence electrons. The molecule has 0 amide bonds. The van der Waals surface area contributed by atoms with Gasteiger partial charge in [-0.2, -0.15) is 0 Å². The SMILES string of the molecule is [CH2]c1cccc(CCN)c1. The first-order chi connectivity index (χ1) is 4.83. The van der Waals surface area contributed by atoms with Crippen LogP contribution in [0.15, 0.2) is 24.3 Å². The van der Waals surface area contributed by atoms with Gasteiger partial charge in [0.15, 0.2) is 0 Å². The molecule has 1 rings (SSSR count). The summed E-state index contributed by atoms with van der Waals surface area (Å²) in [6, 6.07) is 8.13. The molecule has 0 aliphatic heterocycles. The summed E-state index contributed by atoms with van der Waals surface area (Å²) in [6.07, 6.45) is 0.948. The molecule has 0 heterocycles. The monoisotopic (exact) mass is 134 g/mol. The maximum Gasteiger partial charge on any atom is -0.00367 e. The zero-order valence-corrected chi connectivity index (χ0v) is 6.01. The van der Waals surface area contributed by atoms with E-state index in [0.717, 1.165) is 12.0 Å². The van der Waals surface area contributed by atoms with Gasteiger partial charge in [-0.15, -0.1) is 0 Å². The van der Waals surface area contributed by atoms with Crippen LogP contribution in [0.25, 0.3) is 0 Å². The first-order valence-corrected chi connectivity index (χ1v) is 3.44. The second-order valence-corrected chi connectivity index (χ2v) is 2.36. The molecule has 2 N–H and O–H groups in total. The van der Waals surface area contributed by atoms with Crippen LogP contribution in [0.3, 0.4) is 0 Å². The summed E-state index contributed by atoms with van der Waals surface area (Å²) in [7, 11) is 0. The minimum atomic E-state index is 0.712. The standard InChI is InChI=1S/C9H12N/c1-8-3-2-4-9(7-8)5-6-10/h2-4,7H,1,5-6,10H2. The van der Waals surface area contributed by atoms with E-state index in [1.165, 1.54) is 5.56 Å². The molecular weight excluding hydrogens is 122 g/mol. The van der Waals surface area contributed by atoms with Crippen LogP contribution in [0.1, 0.15) is 11.1 Å². The Labute approximate surface area is 61.9 Å². The highest BCUT2D eigenvalue weighted by Gasteiger charge is 1.89. The number of hydrogen-bond acceptors (Lipinski definition) is 1. The summed E-state index contributed by atoms with van der Waals surface area (Å²) in [6.45, 7) is 4.53. The zero-order chi connectivity index (χ0) is 7.40. The third-order valence-electron chi connectivity index (χ3n) is 1.42. The molecule has 0 aromatic heterocycles. The highest BCUT2D eigenvalue weighted by molar-refractivity contribution is 5.25. The van der Waals surface area contributed by atoms with Crippen molar-refractivity contribution >= 4 is 0 Å². The predicted octanol–water partition coefficient (Wildman–Crippen LogP) is 1.37. The maximum absolute atomic E-state index is 5.39. The minimum Gasteiger partial charge on any atom is -0.330 e. The minimum absolute atomic E-state index is 0.712. The van der Waals surface area contributed by atoms with Crippen molar-refractivity contribution in [2.75, 3.05) is 6.54 Å². The third-order valence-corrected chi connectivity index (χ3v) is 1.42. The van der Waals surface area contributed by atoms with E-state index in [0.29, 0.717) is 6.54 Å². The van der Waals surface area contributed by atoms with Crippen molar-refractivity contribution in [2.45, 2.75) is 6.42 Å². The Morgan fingerprint density at radius 1 is 1.40 bits per heavy atom. The van der Waals surface area contributed by atoms with Crippen molar-refractivity contribution < 1.29 is 0 Å². The number of benzene rings is 1. The van der Waals surface area contributed by atoms with Gasteiger partial charge in [0.1, 0.15) is 0 Å². The predicted molar refractivity (Wildman–Crippen MR) is 43.7 cm³/mol. The lowest BCUT2D eigenvalue weighted by atomic mass is 10.1. The molecule has 0 fully saturated rings. The largest absolute Gasteiger partial charge is 0.330 e. The molecule has 1 aromatic rings. The maximum atomic E-state index is 5.39. The first kappa shape index (κ1) is 7.29. The molecular formula is C9H12N. The molecule has 1 aromatic carbocycles. The van der Waals surface area contributed by atoms with Crippen molar-refractivity contribution in [2.24, 2.45) is 5.73 Å². The molecule has 0 spiro atoms. The molecule has 0 saturated carbocycles. The van der Waals surface area contributed by atoms with Crippen LogP contribution in [-0.2, 0) is 6.42 Å². The Bertz CT molecular complexity index is 206. The Balaban J connectivity index is 2.75. The quantitative estimate of drug-likeness (QED) is 0.649. The van der Waals surface area contributed by atoms with Crippen LogP contribution < -0.4 is 5.73 Å². The van der Waals surface area contributed by atoms with Crippen LogP contribution in [0, 0.1) is 6.92 Å². The van der Waals surface area contributed by atoms with Crippen molar-refractivity contribution in [3.05, 3.63) is 42.3 Å². The molecule has 1 nitrogen and oxygen atoms in total. The smallest absolute Gasteiger partial charge is 0.00367 e. The number of rotatable bonds is 2. The fraction of sp³-hybridized carbons (Fsp3) is 0.222. The van der Waals surface area contributed by atoms with Crippen molar-refractivity contribution in [3.8, 4) is 0 Å². The zero-order valence-electron chi connectivity index (χ0n) is 6.01. The highest BCUT2D eigenvalue weighted by atomic mass is 14.5. The van der Waals surface area contributed by atoms with Crippen LogP contribution in [0.4, 0.5) is 0 Å². The second-order valence-electron chi connectivity index (χ2n) is 2.36. The van der Waals surface area contributed by atoms with Crippen LogP contribution in [0.2, 0.25) is 0 Å². The van der Waals surface area contributed by atoms with Crippen molar-refractivity contribution in [1.29, 1.82) is 0 Å². The lowest BCUT2D eigenvalue weighted by molar-refractivity contribution is 0.968. The normalized spacial score (nSPS) is 9.80. The Kier molecular flexibility index (Phi) is 2.46. The molecule has 0 unspecified atom stereocenters. The highest BCUT2D eigenvalue weighted by Crippen LogP contribution is 2.03. The van der Waals surface area contributed by atoms with E-state index in [1.54, 1.807) is 0 Å². The number of nitrogens with two attached hydrogens (primary N) is 1. The van der Waals surface area contributed by atoms with Gasteiger partial charge in [0.05, 0.1) is 0 Å². The van der Waals surface area contributed by atoms with Gasteiger partial charge in [-0.1, -0.05) is 24.3 Å². The Hall–Kier alpha value is -0.820. The van der Waals surface area contributed by atoms with Gasteiger partial charge in [0.25, 0.3) is 0 Å². The summed E-state index contributed by atoms with van der Waals surface area (Å²) in [4.78, 5) is 0. The Morgan fingerprint density at radius 3 is 2.80 bits per heavy atom. The second kappa shape index (κ2) is 3.37. The van der Waals surface area contributed by atoms with Crippen molar-refractivity contribution in [1.82, 2.24) is 0 Å². The fourth-order valence-corrected chi connectivity index (χ4v) is 0.952. The van der Waals surface area contributed by atoms with E-state index in [2.05, 4.69) is 19.1 Å². The summed E-state index contributed by atoms with van der Waals surface area (Å²) >= 11 is 0. The number of hydrogen-bond donors (Lipinski definition) is 1. The molecule has 10 heavy (non-hydrogen) atoms. The van der Waals surface area contributed by atoms with E-state index in [-0.39, 0.29) is 0 Å². The van der Waals surface area contributed by atoms with E-state index in [9.17, 15) is 0 Å². The average molecular weight is 134 g/mol. The summed E-state index contributed by atoms with van der Waals surface area (Å²) in [5.74, 6) is 0. The lowest BCUT2D eigenvalue weighted by Crippen LogP contribution is -2.02. The summed E-state index contributed by atoms with van der Waals surface area (Å²) in [5, 5.41) is 0. The average Bonchev–Trinajstić information content (AvgIpc) is 1.88. The Morgan fingerprint density at radius 2 is 2.20 bits per heavy atom. The van der Waals surface area contributed by atoms with Gasteiger partial charge in [-0.25, -0.2) is 0 Å². The van der Waals surface area contributed by atoms with Gasteiger partial charge in [0, 0.05) is 0 Å². The molecule has 0 aliphatic rings. The van der Waals surface area contributed by atoms with E-state index in [1.807, 2.05) is 12.1 Å². The molecule has 0 saturated heterocycles. The summed E-state index contributed by atoms with van der Waals surface area (Å²) in [5.41, 5.74) is 7.72. The van der Waals surface area contributed by atoms with E-state index in [4.69, 9.17) is 5.73 Å². The van der Waals surface area contributed by atoms with Gasteiger partial charge in [-0.05, 0) is 31.0 Å². The first-order valence-electron chi connectivity index (χ1n) is 3.44.